The van der Waals surface area contributed by atoms with Gasteiger partial charge in [-0.15, -0.1) is 0 Å². The van der Waals surface area contributed by atoms with E-state index >= 15 is 4.39 Å². The van der Waals surface area contributed by atoms with Gasteiger partial charge >= 0.3 is 0 Å². The molecular weight excluding hydrogens is 846 g/mol. The molecule has 5 aliphatic rings. The minimum atomic E-state index is -1.20. The van der Waals surface area contributed by atoms with E-state index in [1.54, 1.807) is 35.2 Å². The number of anilines is 3. The fraction of sp³-hybridized carbons (Fsp3) is 0.468. The Bertz CT molecular complexity index is 2700. The molecule has 8 heterocycles. The van der Waals surface area contributed by atoms with Crippen LogP contribution >= 0.6 is 0 Å². The number of rotatable bonds is 10. The predicted octanol–water partition coefficient (Wildman–Crippen LogP) is 3.92. The zero-order valence-corrected chi connectivity index (χ0v) is 36.6. The Morgan fingerprint density at radius 1 is 0.879 bits per heavy atom. The van der Waals surface area contributed by atoms with Gasteiger partial charge in [-0.2, -0.15) is 15.5 Å². The highest BCUT2D eigenvalue weighted by Crippen LogP contribution is 2.35. The zero-order chi connectivity index (χ0) is 45.5. The number of fused-ring (bicyclic) bond motifs is 1. The van der Waals surface area contributed by atoms with E-state index in [0.29, 0.717) is 118 Å². The SMILES string of the molecule is N#Cc1cnn2cc(-c3cnn(C4CCN(C(=O)CC5(O)CCN(c6ccc(NC7CCC(=O)NC7=O)cc6F)CC5)CC4)c3)nc(-c3ccc(N4CCN(C(=O)C5CCC5)CC4)nc3)c12. The molecule has 4 amide bonds. The number of nitriles is 1. The molecule has 1 aliphatic carbocycles. The molecule has 0 bridgehead atoms. The van der Waals surface area contributed by atoms with E-state index in [9.17, 15) is 29.5 Å². The minimum absolute atomic E-state index is 0.0100. The molecule has 5 aromatic rings. The van der Waals surface area contributed by atoms with Gasteiger partial charge < -0.3 is 30.0 Å². The molecule has 0 radical (unpaired) electrons. The van der Waals surface area contributed by atoms with E-state index in [2.05, 4.69) is 26.7 Å². The first-order valence-corrected chi connectivity index (χ1v) is 23.0. The zero-order valence-electron chi connectivity index (χ0n) is 36.6. The molecule has 342 valence electrons. The summed E-state index contributed by atoms with van der Waals surface area (Å²) in [5, 5.41) is 36.0. The molecular formula is C47H52FN13O5. The third-order valence-corrected chi connectivity index (χ3v) is 14.1. The number of piperazine rings is 1. The smallest absolute Gasteiger partial charge is 0.249 e. The van der Waals surface area contributed by atoms with E-state index in [1.807, 2.05) is 37.7 Å². The average molecular weight is 898 g/mol. The number of likely N-dealkylation sites (tertiary alicyclic amines) is 1. The number of benzene rings is 1. The van der Waals surface area contributed by atoms with E-state index in [0.717, 1.165) is 36.2 Å². The highest BCUT2D eigenvalue weighted by Gasteiger charge is 2.38. The molecule has 4 aliphatic heterocycles. The molecule has 1 atom stereocenters. The van der Waals surface area contributed by atoms with Crippen LogP contribution in [0.25, 0.3) is 28.0 Å². The second kappa shape index (κ2) is 17.8. The van der Waals surface area contributed by atoms with Crippen molar-refractivity contribution in [2.45, 2.75) is 81.9 Å². The summed E-state index contributed by atoms with van der Waals surface area (Å²) in [5.41, 5.74) is 3.32. The van der Waals surface area contributed by atoms with Crippen molar-refractivity contribution < 1.29 is 28.7 Å². The molecule has 3 N–H and O–H groups in total. The number of carbonyl (C=O) groups is 4. The lowest BCUT2D eigenvalue weighted by molar-refractivity contribution is -0.139. The van der Waals surface area contributed by atoms with Crippen LogP contribution in [0.4, 0.5) is 21.6 Å². The first-order valence-electron chi connectivity index (χ1n) is 23.0. The van der Waals surface area contributed by atoms with E-state index in [-0.39, 0.29) is 42.5 Å². The Hall–Kier alpha value is -6.94. The normalized spacial score (nSPS) is 20.5. The van der Waals surface area contributed by atoms with Crippen molar-refractivity contribution in [3.63, 3.8) is 0 Å². The molecule has 5 fully saturated rings. The summed E-state index contributed by atoms with van der Waals surface area (Å²) in [6, 6.07) is 10.3. The van der Waals surface area contributed by atoms with Crippen LogP contribution in [0.3, 0.4) is 0 Å². The summed E-state index contributed by atoms with van der Waals surface area (Å²) < 4.78 is 18.9. The first kappa shape index (κ1) is 43.0. The van der Waals surface area contributed by atoms with Crippen molar-refractivity contribution in [1.82, 2.24) is 44.5 Å². The minimum Gasteiger partial charge on any atom is -0.389 e. The number of halogens is 1. The molecule has 4 aromatic heterocycles. The topological polar surface area (TPSA) is 210 Å². The average Bonchev–Trinajstić information content (AvgIpc) is 3.98. The van der Waals surface area contributed by atoms with Gasteiger partial charge in [-0.25, -0.2) is 18.9 Å². The van der Waals surface area contributed by atoms with E-state index in [4.69, 9.17) is 15.1 Å². The number of aromatic nitrogens is 6. The summed E-state index contributed by atoms with van der Waals surface area (Å²) in [4.78, 5) is 67.6. The van der Waals surface area contributed by atoms with Crippen LogP contribution in [0.15, 0.2) is 61.3 Å². The number of imide groups is 1. The van der Waals surface area contributed by atoms with Gasteiger partial charge in [0, 0.05) is 93.9 Å². The molecule has 19 heteroatoms. The van der Waals surface area contributed by atoms with Crippen LogP contribution in [-0.2, 0) is 19.2 Å². The van der Waals surface area contributed by atoms with Crippen molar-refractivity contribution in [2.75, 3.05) is 67.5 Å². The highest BCUT2D eigenvalue weighted by molar-refractivity contribution is 6.01. The molecule has 1 aromatic carbocycles. The predicted molar refractivity (Wildman–Crippen MR) is 240 cm³/mol. The van der Waals surface area contributed by atoms with Gasteiger partial charge in [-0.05, 0) is 75.3 Å². The summed E-state index contributed by atoms with van der Waals surface area (Å²) >= 11 is 0. The van der Waals surface area contributed by atoms with E-state index < -0.39 is 23.4 Å². The van der Waals surface area contributed by atoms with Crippen LogP contribution in [0.1, 0.15) is 75.8 Å². The lowest BCUT2D eigenvalue weighted by atomic mass is 9.84. The van der Waals surface area contributed by atoms with Crippen molar-refractivity contribution >= 4 is 46.3 Å². The Labute approximate surface area is 380 Å². The van der Waals surface area contributed by atoms with Gasteiger partial charge in [0.05, 0.1) is 53.7 Å². The van der Waals surface area contributed by atoms with Crippen molar-refractivity contribution in [1.29, 1.82) is 5.26 Å². The Morgan fingerprint density at radius 2 is 1.67 bits per heavy atom. The number of pyridine rings is 1. The molecule has 18 nitrogen and oxygen atoms in total. The number of nitrogens with zero attached hydrogens (tertiary/aromatic N) is 11. The van der Waals surface area contributed by atoms with Crippen LogP contribution in [0.5, 0.6) is 0 Å². The van der Waals surface area contributed by atoms with Gasteiger partial charge in [-0.1, -0.05) is 6.42 Å². The maximum atomic E-state index is 15.3. The van der Waals surface area contributed by atoms with Gasteiger partial charge in [0.1, 0.15) is 34.8 Å². The largest absolute Gasteiger partial charge is 0.389 e. The third kappa shape index (κ3) is 8.64. The van der Waals surface area contributed by atoms with E-state index in [1.165, 1.54) is 12.3 Å². The van der Waals surface area contributed by atoms with Crippen molar-refractivity contribution in [3.05, 3.63) is 72.7 Å². The molecule has 4 saturated heterocycles. The Morgan fingerprint density at radius 3 is 2.35 bits per heavy atom. The number of hydrogen-bond acceptors (Lipinski definition) is 13. The lowest BCUT2D eigenvalue weighted by Crippen LogP contribution is -2.51. The Kier molecular flexibility index (Phi) is 11.6. The number of hydrogen-bond donors (Lipinski definition) is 3. The summed E-state index contributed by atoms with van der Waals surface area (Å²) in [6.07, 6.45) is 14.5. The van der Waals surface area contributed by atoms with Crippen LogP contribution < -0.4 is 20.4 Å². The standard InChI is InChI=1S/C47H52FN13O5/c48-36-22-34(53-37-6-9-41(62)55-45(37)64)5-7-39(36)56-16-12-47(66,13-17-56)23-42(63)58-14-10-35(11-15-58)60-28-33(27-51-60)38-29-61-44(32(24-49)26-52-61)43(54-38)31-4-8-40(50-25-31)57-18-20-59(21-19-57)46(65)30-2-1-3-30/h4-5,7-8,22,25-30,35,37,53,66H,1-3,6,9-21,23H2,(H,55,62,64). The number of carbonyl (C=O) groups excluding carboxylic acids is 4. The van der Waals surface area contributed by atoms with Crippen molar-refractivity contribution in [2.24, 2.45) is 5.92 Å². The molecule has 66 heavy (non-hydrogen) atoms. The first-order chi connectivity index (χ1) is 32.0. The van der Waals surface area contributed by atoms with Gasteiger partial charge in [0.15, 0.2) is 0 Å². The quantitative estimate of drug-likeness (QED) is 0.170. The Balaban J connectivity index is 0.738. The summed E-state index contributed by atoms with van der Waals surface area (Å²) in [5.74, 6) is -0.0212. The highest BCUT2D eigenvalue weighted by atomic mass is 19.1. The third-order valence-electron chi connectivity index (χ3n) is 14.1. The fourth-order valence-corrected chi connectivity index (χ4v) is 9.89. The van der Waals surface area contributed by atoms with Crippen molar-refractivity contribution in [3.8, 4) is 28.6 Å². The second-order valence-electron chi connectivity index (χ2n) is 18.3. The molecule has 1 saturated carbocycles. The second-order valence-corrected chi connectivity index (χ2v) is 18.3. The van der Waals surface area contributed by atoms with Crippen LogP contribution in [0, 0.1) is 23.1 Å². The summed E-state index contributed by atoms with van der Waals surface area (Å²) in [7, 11) is 0. The lowest BCUT2D eigenvalue weighted by Gasteiger charge is -2.40. The van der Waals surface area contributed by atoms with Gasteiger partial charge in [-0.3, -0.25) is 29.2 Å². The molecule has 10 rings (SSSR count). The van der Waals surface area contributed by atoms with Crippen LogP contribution in [0.2, 0.25) is 0 Å². The maximum Gasteiger partial charge on any atom is 0.249 e. The molecule has 0 spiro atoms. The maximum absolute atomic E-state index is 15.3. The number of amides is 4. The number of nitrogens with one attached hydrogen (secondary N) is 2. The monoisotopic (exact) mass is 897 g/mol. The van der Waals surface area contributed by atoms with Crippen LogP contribution in [-0.4, -0.2) is 132 Å². The molecule has 1 unspecified atom stereocenters. The van der Waals surface area contributed by atoms with Gasteiger partial charge in [0.25, 0.3) is 0 Å². The van der Waals surface area contributed by atoms with Gasteiger partial charge in [0.2, 0.25) is 23.6 Å². The fourth-order valence-electron chi connectivity index (χ4n) is 9.89. The number of aliphatic hydroxyl groups is 1. The summed E-state index contributed by atoms with van der Waals surface area (Å²) in [6.45, 7) is 4.57. The number of piperidine rings is 3.